The minimum absolute atomic E-state index is 0.171. The summed E-state index contributed by atoms with van der Waals surface area (Å²) >= 11 is 0. The summed E-state index contributed by atoms with van der Waals surface area (Å²) in [5, 5.41) is 8.68. The largest absolute Gasteiger partial charge is 0.395 e. The van der Waals surface area contributed by atoms with E-state index in [-0.39, 0.29) is 12.4 Å². The Kier molecular flexibility index (Phi) is 5.17. The van der Waals surface area contributed by atoms with Crippen LogP contribution in [0.4, 0.5) is 0 Å². The van der Waals surface area contributed by atoms with Crippen molar-refractivity contribution < 1.29 is 13.5 Å². The van der Waals surface area contributed by atoms with Crippen LogP contribution >= 0.6 is 0 Å². The van der Waals surface area contributed by atoms with Gasteiger partial charge in [-0.1, -0.05) is 0 Å². The van der Waals surface area contributed by atoms with Gasteiger partial charge in [0.1, 0.15) is 0 Å². The standard InChI is InChI=1S/C10H22N2O3S/c1-11-5-3-10(4-6-11)9-12(2)16(14,15)8-7-13/h10,13H,3-9H2,1-2H3. The number of nitrogens with zero attached hydrogens (tertiary/aromatic N) is 2. The average Bonchev–Trinajstić information content (AvgIpc) is 2.21. The number of rotatable bonds is 5. The number of hydrogen-bond donors (Lipinski definition) is 1. The third-order valence-corrected chi connectivity index (χ3v) is 4.97. The van der Waals surface area contributed by atoms with E-state index in [0.29, 0.717) is 12.5 Å². The number of sulfonamides is 1. The molecule has 1 fully saturated rings. The quantitative estimate of drug-likeness (QED) is 0.720. The molecule has 0 aromatic rings. The Bertz CT molecular complexity index is 297. The average molecular weight is 250 g/mol. The molecule has 5 nitrogen and oxygen atoms in total. The van der Waals surface area contributed by atoms with Gasteiger partial charge >= 0.3 is 0 Å². The van der Waals surface area contributed by atoms with Gasteiger partial charge in [0.15, 0.2) is 0 Å². The summed E-state index contributed by atoms with van der Waals surface area (Å²) < 4.78 is 24.6. The lowest BCUT2D eigenvalue weighted by molar-refractivity contribution is 0.202. The molecule has 0 unspecified atom stereocenters. The molecule has 1 heterocycles. The van der Waals surface area contributed by atoms with Crippen LogP contribution < -0.4 is 0 Å². The van der Waals surface area contributed by atoms with Crippen molar-refractivity contribution in [2.24, 2.45) is 5.92 Å². The lowest BCUT2D eigenvalue weighted by Crippen LogP contribution is -2.39. The predicted octanol–water partition coefficient (Wildman–Crippen LogP) is -0.418. The van der Waals surface area contributed by atoms with Crippen molar-refractivity contribution in [3.8, 4) is 0 Å². The van der Waals surface area contributed by atoms with Crippen LogP contribution in [0.2, 0.25) is 0 Å². The van der Waals surface area contributed by atoms with Crippen LogP contribution in [-0.2, 0) is 10.0 Å². The Hall–Kier alpha value is -0.170. The van der Waals surface area contributed by atoms with E-state index in [1.54, 1.807) is 7.05 Å². The first-order valence-corrected chi connectivity index (χ1v) is 7.30. The minimum Gasteiger partial charge on any atom is -0.395 e. The second-order valence-electron chi connectivity index (χ2n) is 4.57. The van der Waals surface area contributed by atoms with E-state index in [1.165, 1.54) is 4.31 Å². The van der Waals surface area contributed by atoms with Crippen LogP contribution in [0.1, 0.15) is 12.8 Å². The van der Waals surface area contributed by atoms with Crippen LogP contribution in [0, 0.1) is 5.92 Å². The molecule has 0 aliphatic carbocycles. The Morgan fingerprint density at radius 3 is 2.44 bits per heavy atom. The van der Waals surface area contributed by atoms with Gasteiger partial charge in [0.25, 0.3) is 0 Å². The van der Waals surface area contributed by atoms with Gasteiger partial charge in [-0.15, -0.1) is 0 Å². The number of aliphatic hydroxyl groups excluding tert-OH is 1. The number of likely N-dealkylation sites (tertiary alicyclic amines) is 1. The van der Waals surface area contributed by atoms with Crippen LogP contribution in [0.25, 0.3) is 0 Å². The third kappa shape index (κ3) is 4.01. The van der Waals surface area contributed by atoms with Crippen molar-refractivity contribution >= 4 is 10.0 Å². The highest BCUT2D eigenvalue weighted by Gasteiger charge is 2.23. The second-order valence-corrected chi connectivity index (χ2v) is 6.76. The molecule has 0 spiro atoms. The van der Waals surface area contributed by atoms with Crippen LogP contribution in [-0.4, -0.2) is 68.8 Å². The van der Waals surface area contributed by atoms with Crippen molar-refractivity contribution in [1.82, 2.24) is 9.21 Å². The van der Waals surface area contributed by atoms with Gasteiger partial charge in [0, 0.05) is 13.6 Å². The normalized spacial score (nSPS) is 20.5. The summed E-state index contributed by atoms with van der Waals surface area (Å²) in [6, 6.07) is 0. The zero-order chi connectivity index (χ0) is 12.2. The van der Waals surface area contributed by atoms with Crippen molar-refractivity contribution in [2.75, 3.05) is 46.1 Å². The molecule has 0 aromatic heterocycles. The maximum atomic E-state index is 11.6. The molecule has 0 amide bonds. The number of hydrogen-bond acceptors (Lipinski definition) is 4. The highest BCUT2D eigenvalue weighted by atomic mass is 32.2. The zero-order valence-electron chi connectivity index (χ0n) is 10.1. The summed E-state index contributed by atoms with van der Waals surface area (Å²) in [6.45, 7) is 2.35. The molecule has 1 saturated heterocycles. The molecule has 0 aromatic carbocycles. The zero-order valence-corrected chi connectivity index (χ0v) is 10.9. The van der Waals surface area contributed by atoms with Gasteiger partial charge in [0.2, 0.25) is 10.0 Å². The Morgan fingerprint density at radius 1 is 1.38 bits per heavy atom. The van der Waals surface area contributed by atoms with E-state index < -0.39 is 10.0 Å². The SMILES string of the molecule is CN1CCC(CN(C)S(=O)(=O)CCO)CC1. The third-order valence-electron chi connectivity index (χ3n) is 3.18. The molecular formula is C10H22N2O3S. The molecule has 1 N–H and O–H groups in total. The highest BCUT2D eigenvalue weighted by molar-refractivity contribution is 7.89. The van der Waals surface area contributed by atoms with Crippen molar-refractivity contribution in [3.05, 3.63) is 0 Å². The van der Waals surface area contributed by atoms with E-state index in [1.807, 2.05) is 0 Å². The first kappa shape index (κ1) is 13.9. The topological polar surface area (TPSA) is 60.9 Å². The van der Waals surface area contributed by atoms with Gasteiger partial charge < -0.3 is 10.0 Å². The smallest absolute Gasteiger partial charge is 0.216 e. The van der Waals surface area contributed by atoms with Gasteiger partial charge in [-0.25, -0.2) is 12.7 Å². The monoisotopic (exact) mass is 250 g/mol. The molecule has 0 bridgehead atoms. The van der Waals surface area contributed by atoms with Crippen molar-refractivity contribution in [2.45, 2.75) is 12.8 Å². The summed E-state index contributed by atoms with van der Waals surface area (Å²) in [7, 11) is 0.433. The molecule has 1 aliphatic heterocycles. The Balaban J connectivity index is 2.42. The van der Waals surface area contributed by atoms with Crippen LogP contribution in [0.3, 0.4) is 0 Å². The van der Waals surface area contributed by atoms with Crippen molar-refractivity contribution in [3.63, 3.8) is 0 Å². The van der Waals surface area contributed by atoms with E-state index in [2.05, 4.69) is 11.9 Å². The lowest BCUT2D eigenvalue weighted by Gasteiger charge is -2.31. The minimum atomic E-state index is -3.25. The van der Waals surface area contributed by atoms with Crippen molar-refractivity contribution in [1.29, 1.82) is 0 Å². The fourth-order valence-corrected chi connectivity index (χ4v) is 2.97. The highest BCUT2D eigenvalue weighted by Crippen LogP contribution is 2.17. The number of piperidine rings is 1. The van der Waals surface area contributed by atoms with E-state index in [9.17, 15) is 8.42 Å². The molecular weight excluding hydrogens is 228 g/mol. The fraction of sp³-hybridized carbons (Fsp3) is 1.00. The Labute approximate surface area is 98.1 Å². The second kappa shape index (κ2) is 5.95. The maximum absolute atomic E-state index is 11.6. The van der Waals surface area contributed by atoms with E-state index >= 15 is 0 Å². The molecule has 1 aliphatic rings. The van der Waals surface area contributed by atoms with Crippen LogP contribution in [0.15, 0.2) is 0 Å². The van der Waals surface area contributed by atoms with E-state index in [0.717, 1.165) is 25.9 Å². The summed E-state index contributed by atoms with van der Waals surface area (Å²) in [6.07, 6.45) is 2.10. The fourth-order valence-electron chi connectivity index (χ4n) is 1.99. The molecule has 96 valence electrons. The maximum Gasteiger partial charge on any atom is 0.216 e. The molecule has 1 rings (SSSR count). The van der Waals surface area contributed by atoms with Gasteiger partial charge in [0.05, 0.1) is 12.4 Å². The summed E-state index contributed by atoms with van der Waals surface area (Å²) in [5.41, 5.74) is 0. The van der Waals surface area contributed by atoms with Gasteiger partial charge in [-0.05, 0) is 38.9 Å². The lowest BCUT2D eigenvalue weighted by atomic mass is 9.97. The Morgan fingerprint density at radius 2 is 1.94 bits per heavy atom. The summed E-state index contributed by atoms with van der Waals surface area (Å²) in [5.74, 6) is 0.283. The molecule has 0 saturated carbocycles. The molecule has 0 atom stereocenters. The van der Waals surface area contributed by atoms with E-state index in [4.69, 9.17) is 5.11 Å². The first-order chi connectivity index (χ1) is 7.45. The molecule has 6 heteroatoms. The number of aliphatic hydroxyl groups is 1. The van der Waals surface area contributed by atoms with Crippen LogP contribution in [0.5, 0.6) is 0 Å². The molecule has 16 heavy (non-hydrogen) atoms. The first-order valence-electron chi connectivity index (χ1n) is 5.69. The van der Waals surface area contributed by atoms with Gasteiger partial charge in [-0.3, -0.25) is 0 Å². The summed E-state index contributed by atoms with van der Waals surface area (Å²) in [4.78, 5) is 2.26. The predicted molar refractivity (Wildman–Crippen MR) is 63.7 cm³/mol. The van der Waals surface area contributed by atoms with Gasteiger partial charge in [-0.2, -0.15) is 0 Å². The molecule has 0 radical (unpaired) electrons.